The maximum absolute atomic E-state index is 12.6. The molecule has 0 saturated heterocycles. The fraction of sp³-hybridized carbons (Fsp3) is 0.0400. The molecule has 2 aromatic carbocycles. The Morgan fingerprint density at radius 3 is 2.69 bits per heavy atom. The molecule has 0 aliphatic carbocycles. The average molecular weight is 442 g/mol. The lowest BCUT2D eigenvalue weighted by molar-refractivity contribution is 0.823. The van der Waals surface area contributed by atoms with Crippen LogP contribution in [0.1, 0.15) is 11.3 Å². The number of aliphatic imine (C=N–C) groups is 1. The standard InChI is InChI=1S/C25H20ClN5O/c1-17-15-18(21-7-2-3-13-28-21)8-9-23(17)31-14-11-24(32)25(30-31)22(10-12-27)29-20-6-4-5-19(26)16-20/h2-16H,27H2,1H3. The van der Waals surface area contributed by atoms with Gasteiger partial charge in [-0.15, -0.1) is 0 Å². The maximum Gasteiger partial charge on any atom is 0.209 e. The number of benzene rings is 2. The van der Waals surface area contributed by atoms with Crippen molar-refractivity contribution < 1.29 is 0 Å². The van der Waals surface area contributed by atoms with Gasteiger partial charge in [-0.05, 0) is 67.2 Å². The van der Waals surface area contributed by atoms with Crippen molar-refractivity contribution in [2.75, 3.05) is 0 Å². The number of nitrogens with zero attached hydrogens (tertiary/aromatic N) is 4. The third-order valence-corrected chi connectivity index (χ3v) is 5.00. The predicted octanol–water partition coefficient (Wildman–Crippen LogP) is 4.85. The lowest BCUT2D eigenvalue weighted by Gasteiger charge is -2.12. The quantitative estimate of drug-likeness (QED) is 0.448. The number of rotatable bonds is 5. The van der Waals surface area contributed by atoms with Crippen LogP contribution in [0.5, 0.6) is 0 Å². The fourth-order valence-corrected chi connectivity index (χ4v) is 3.45. The average Bonchev–Trinajstić information content (AvgIpc) is 2.80. The topological polar surface area (TPSA) is 86.2 Å². The van der Waals surface area contributed by atoms with Gasteiger partial charge >= 0.3 is 0 Å². The Morgan fingerprint density at radius 2 is 1.97 bits per heavy atom. The number of aromatic nitrogens is 3. The van der Waals surface area contributed by atoms with Gasteiger partial charge in [0.15, 0.2) is 5.69 Å². The Kier molecular flexibility index (Phi) is 6.24. The van der Waals surface area contributed by atoms with Gasteiger partial charge in [-0.1, -0.05) is 29.8 Å². The molecule has 0 aliphatic rings. The first kappa shape index (κ1) is 21.2. The molecule has 7 heteroatoms. The molecule has 0 amide bonds. The summed E-state index contributed by atoms with van der Waals surface area (Å²) in [6.45, 7) is 1.99. The molecule has 158 valence electrons. The second kappa shape index (κ2) is 9.41. The molecule has 0 fully saturated rings. The molecular formula is C25H20ClN5O. The van der Waals surface area contributed by atoms with Crippen molar-refractivity contribution in [2.24, 2.45) is 10.7 Å². The normalized spacial score (nSPS) is 11.8. The first-order valence-corrected chi connectivity index (χ1v) is 10.3. The van der Waals surface area contributed by atoms with E-state index in [4.69, 9.17) is 17.3 Å². The molecular weight excluding hydrogens is 422 g/mol. The summed E-state index contributed by atoms with van der Waals surface area (Å²) < 4.78 is 1.66. The highest BCUT2D eigenvalue weighted by Crippen LogP contribution is 2.22. The first-order valence-electron chi connectivity index (χ1n) is 9.90. The zero-order valence-electron chi connectivity index (χ0n) is 17.3. The van der Waals surface area contributed by atoms with Crippen LogP contribution in [0.4, 0.5) is 5.69 Å². The number of hydrogen-bond acceptors (Lipinski definition) is 5. The van der Waals surface area contributed by atoms with E-state index in [0.29, 0.717) is 16.4 Å². The number of nitrogens with two attached hydrogens (primary N) is 1. The van der Waals surface area contributed by atoms with Crippen LogP contribution in [-0.2, 0) is 0 Å². The van der Waals surface area contributed by atoms with Gasteiger partial charge in [0.1, 0.15) is 0 Å². The maximum atomic E-state index is 12.6. The summed E-state index contributed by atoms with van der Waals surface area (Å²) in [5.41, 5.74) is 10.2. The SMILES string of the molecule is Cc1cc(-c2ccccn2)ccc1-n1ccc(=O)c(C(C=CN)=Nc2cccc(Cl)c2)n1. The Balaban J connectivity index is 1.78. The summed E-state index contributed by atoms with van der Waals surface area (Å²) in [5.74, 6) is 0. The highest BCUT2D eigenvalue weighted by Gasteiger charge is 2.12. The van der Waals surface area contributed by atoms with E-state index in [9.17, 15) is 4.79 Å². The smallest absolute Gasteiger partial charge is 0.209 e. The van der Waals surface area contributed by atoms with Gasteiger partial charge in [0, 0.05) is 29.0 Å². The Labute approximate surface area is 190 Å². The molecule has 2 aromatic heterocycles. The molecule has 2 heterocycles. The molecule has 0 saturated carbocycles. The van der Waals surface area contributed by atoms with Crippen LogP contribution >= 0.6 is 11.6 Å². The van der Waals surface area contributed by atoms with Gasteiger partial charge in [-0.2, -0.15) is 5.10 Å². The number of allylic oxidation sites excluding steroid dienone is 1. The van der Waals surface area contributed by atoms with Crippen molar-refractivity contribution in [1.82, 2.24) is 14.8 Å². The van der Waals surface area contributed by atoms with E-state index in [2.05, 4.69) is 15.1 Å². The van der Waals surface area contributed by atoms with E-state index < -0.39 is 0 Å². The molecule has 4 rings (SSSR count). The zero-order chi connectivity index (χ0) is 22.5. The number of aryl methyl sites for hydroxylation is 1. The Bertz CT molecular complexity index is 1380. The molecule has 2 N–H and O–H groups in total. The first-order chi connectivity index (χ1) is 15.5. The molecule has 4 aromatic rings. The fourth-order valence-electron chi connectivity index (χ4n) is 3.27. The van der Waals surface area contributed by atoms with Crippen molar-refractivity contribution in [3.63, 3.8) is 0 Å². The van der Waals surface area contributed by atoms with Crippen LogP contribution in [0, 0.1) is 6.92 Å². The molecule has 0 spiro atoms. The van der Waals surface area contributed by atoms with E-state index in [1.807, 2.05) is 43.3 Å². The van der Waals surface area contributed by atoms with Gasteiger partial charge < -0.3 is 5.73 Å². The van der Waals surface area contributed by atoms with Gasteiger partial charge in [0.25, 0.3) is 0 Å². The summed E-state index contributed by atoms with van der Waals surface area (Å²) in [4.78, 5) is 21.6. The number of pyridine rings is 1. The largest absolute Gasteiger partial charge is 0.405 e. The molecule has 32 heavy (non-hydrogen) atoms. The summed E-state index contributed by atoms with van der Waals surface area (Å²) in [7, 11) is 0. The minimum atomic E-state index is -0.261. The van der Waals surface area contributed by atoms with Crippen molar-refractivity contribution >= 4 is 23.0 Å². The van der Waals surface area contributed by atoms with Crippen LogP contribution < -0.4 is 11.2 Å². The van der Waals surface area contributed by atoms with Crippen molar-refractivity contribution in [1.29, 1.82) is 0 Å². The molecule has 0 bridgehead atoms. The van der Waals surface area contributed by atoms with Crippen LogP contribution in [0.2, 0.25) is 5.02 Å². The van der Waals surface area contributed by atoms with Gasteiger partial charge in [-0.25, -0.2) is 9.67 Å². The van der Waals surface area contributed by atoms with Crippen LogP contribution in [0.15, 0.2) is 101 Å². The summed E-state index contributed by atoms with van der Waals surface area (Å²) in [6, 6.07) is 20.3. The molecule has 0 atom stereocenters. The van der Waals surface area contributed by atoms with Gasteiger partial charge in [0.2, 0.25) is 5.43 Å². The summed E-state index contributed by atoms with van der Waals surface area (Å²) in [5, 5.41) is 5.11. The minimum absolute atomic E-state index is 0.183. The van der Waals surface area contributed by atoms with E-state index in [1.54, 1.807) is 47.4 Å². The second-order valence-electron chi connectivity index (χ2n) is 7.03. The van der Waals surface area contributed by atoms with Crippen molar-refractivity contribution in [3.05, 3.63) is 118 Å². The van der Waals surface area contributed by atoms with E-state index in [1.165, 1.54) is 12.3 Å². The zero-order valence-corrected chi connectivity index (χ0v) is 18.1. The van der Waals surface area contributed by atoms with E-state index in [-0.39, 0.29) is 11.1 Å². The second-order valence-corrected chi connectivity index (χ2v) is 7.46. The van der Waals surface area contributed by atoms with Crippen LogP contribution in [0.25, 0.3) is 16.9 Å². The highest BCUT2D eigenvalue weighted by atomic mass is 35.5. The molecule has 6 nitrogen and oxygen atoms in total. The van der Waals surface area contributed by atoms with Crippen molar-refractivity contribution in [2.45, 2.75) is 6.92 Å². The molecule has 0 radical (unpaired) electrons. The number of hydrogen-bond donors (Lipinski definition) is 1. The molecule has 0 aliphatic heterocycles. The van der Waals surface area contributed by atoms with Crippen molar-refractivity contribution in [3.8, 4) is 16.9 Å². The Morgan fingerprint density at radius 1 is 1.09 bits per heavy atom. The van der Waals surface area contributed by atoms with Gasteiger partial charge in [-0.3, -0.25) is 9.78 Å². The number of halogens is 1. The summed E-state index contributed by atoms with van der Waals surface area (Å²) in [6.07, 6.45) is 6.28. The lowest BCUT2D eigenvalue weighted by atomic mass is 10.1. The van der Waals surface area contributed by atoms with Crippen LogP contribution in [0.3, 0.4) is 0 Å². The van der Waals surface area contributed by atoms with Gasteiger partial charge in [0.05, 0.1) is 22.8 Å². The Hall–Kier alpha value is -4.03. The highest BCUT2D eigenvalue weighted by molar-refractivity contribution is 6.30. The molecule has 0 unspecified atom stereocenters. The van der Waals surface area contributed by atoms with Crippen LogP contribution in [-0.4, -0.2) is 20.5 Å². The predicted molar refractivity (Wildman–Crippen MR) is 129 cm³/mol. The van der Waals surface area contributed by atoms with E-state index in [0.717, 1.165) is 22.5 Å². The summed E-state index contributed by atoms with van der Waals surface area (Å²) >= 11 is 6.06. The minimum Gasteiger partial charge on any atom is -0.405 e. The third kappa shape index (κ3) is 4.66. The van der Waals surface area contributed by atoms with E-state index >= 15 is 0 Å². The third-order valence-electron chi connectivity index (χ3n) is 4.77. The monoisotopic (exact) mass is 441 g/mol. The lowest BCUT2D eigenvalue weighted by Crippen LogP contribution is -2.20.